The number of halogens is 2. The monoisotopic (exact) mass is 622 g/mol. The third-order valence-corrected chi connectivity index (χ3v) is 8.64. The van der Waals surface area contributed by atoms with Gasteiger partial charge >= 0.3 is 6.03 Å². The predicted molar refractivity (Wildman–Crippen MR) is 169 cm³/mol. The number of ether oxygens (including phenoxy) is 2. The van der Waals surface area contributed by atoms with Crippen molar-refractivity contribution >= 4 is 41.0 Å². The molecular formula is C33H36Cl2N4O4. The van der Waals surface area contributed by atoms with E-state index in [0.29, 0.717) is 58.9 Å². The van der Waals surface area contributed by atoms with Crippen LogP contribution in [-0.4, -0.2) is 53.9 Å². The summed E-state index contributed by atoms with van der Waals surface area (Å²) in [6.07, 6.45) is 0.872. The fraction of sp³-hybridized carbons (Fsp3) is 0.364. The summed E-state index contributed by atoms with van der Waals surface area (Å²) in [6.45, 7) is 6.71. The molecule has 0 saturated carbocycles. The normalized spacial score (nSPS) is 20.7. The third-order valence-electron chi connectivity index (χ3n) is 8.14. The summed E-state index contributed by atoms with van der Waals surface area (Å²) in [5.41, 5.74) is 7.09. The number of amides is 3. The molecule has 5 rings (SSSR count). The number of hydrogen-bond acceptors (Lipinski definition) is 5. The van der Waals surface area contributed by atoms with E-state index in [1.165, 1.54) is 0 Å². The Morgan fingerprint density at radius 1 is 0.977 bits per heavy atom. The van der Waals surface area contributed by atoms with Crippen LogP contribution in [0.1, 0.15) is 56.3 Å². The van der Waals surface area contributed by atoms with Crippen LogP contribution in [0.25, 0.3) is 0 Å². The molecule has 2 N–H and O–H groups in total. The smallest absolute Gasteiger partial charge is 0.326 e. The molecule has 2 aliphatic heterocycles. The fourth-order valence-electron chi connectivity index (χ4n) is 5.90. The van der Waals surface area contributed by atoms with Crippen LogP contribution in [0, 0.1) is 5.92 Å². The fourth-order valence-corrected chi connectivity index (χ4v) is 6.15. The van der Waals surface area contributed by atoms with Crippen LogP contribution in [0.4, 0.5) is 4.79 Å². The topological polar surface area (TPSA) is 97.5 Å². The number of carbonyl (C=O) groups excluding carboxylic acids is 2. The van der Waals surface area contributed by atoms with Crippen molar-refractivity contribution in [3.8, 4) is 11.5 Å². The first-order valence-corrected chi connectivity index (χ1v) is 15.1. The molecule has 43 heavy (non-hydrogen) atoms. The van der Waals surface area contributed by atoms with E-state index in [0.717, 1.165) is 11.1 Å². The van der Waals surface area contributed by atoms with Gasteiger partial charge in [-0.15, -0.1) is 0 Å². The van der Waals surface area contributed by atoms with Gasteiger partial charge in [0.1, 0.15) is 22.9 Å². The van der Waals surface area contributed by atoms with Crippen LogP contribution in [-0.2, 0) is 10.3 Å². The second kappa shape index (κ2) is 12.5. The first-order chi connectivity index (χ1) is 20.5. The number of urea groups is 1. The Hall–Kier alpha value is -3.75. The largest absolute Gasteiger partial charge is 0.497 e. The number of likely N-dealkylation sites (tertiary alicyclic amines) is 1. The molecule has 10 heteroatoms. The molecule has 3 amide bonds. The van der Waals surface area contributed by atoms with Gasteiger partial charge in [0.15, 0.2) is 0 Å². The molecule has 0 aromatic heterocycles. The second-order valence-electron chi connectivity index (χ2n) is 11.4. The van der Waals surface area contributed by atoms with Crippen LogP contribution in [0.5, 0.6) is 11.5 Å². The summed E-state index contributed by atoms with van der Waals surface area (Å²) >= 11 is 12.6. The number of hydrogen-bond donors (Lipinski definition) is 1. The van der Waals surface area contributed by atoms with Crippen molar-refractivity contribution in [2.45, 2.75) is 51.3 Å². The molecule has 2 atom stereocenters. The molecule has 2 aliphatic rings. The van der Waals surface area contributed by atoms with Gasteiger partial charge in [0.05, 0.1) is 24.8 Å². The van der Waals surface area contributed by atoms with Crippen molar-refractivity contribution in [3.63, 3.8) is 0 Å². The number of nitrogens with zero attached hydrogens (tertiary/aromatic N) is 3. The highest BCUT2D eigenvalue weighted by atomic mass is 35.5. The molecule has 3 aromatic carbocycles. The zero-order valence-corrected chi connectivity index (χ0v) is 26.2. The Bertz CT molecular complexity index is 1520. The lowest BCUT2D eigenvalue weighted by molar-refractivity contribution is -0.123. The number of nitrogens with two attached hydrogens (primary N) is 1. The average molecular weight is 624 g/mol. The van der Waals surface area contributed by atoms with Crippen molar-refractivity contribution < 1.29 is 19.1 Å². The summed E-state index contributed by atoms with van der Waals surface area (Å²) in [6, 6.07) is 19.8. The highest BCUT2D eigenvalue weighted by Crippen LogP contribution is 2.50. The van der Waals surface area contributed by atoms with Gasteiger partial charge in [-0.2, -0.15) is 0 Å². The van der Waals surface area contributed by atoms with Gasteiger partial charge in [-0.05, 0) is 81.1 Å². The van der Waals surface area contributed by atoms with Crippen LogP contribution in [0.3, 0.4) is 0 Å². The molecule has 0 radical (unpaired) electrons. The van der Waals surface area contributed by atoms with Crippen LogP contribution < -0.4 is 15.2 Å². The first-order valence-electron chi connectivity index (χ1n) is 14.4. The van der Waals surface area contributed by atoms with E-state index in [2.05, 4.69) is 0 Å². The summed E-state index contributed by atoms with van der Waals surface area (Å²) in [5.74, 6) is 1.05. The van der Waals surface area contributed by atoms with Crippen molar-refractivity contribution in [3.05, 3.63) is 93.5 Å². The zero-order chi connectivity index (χ0) is 30.9. The number of aliphatic imine (C=N–C) groups is 1. The van der Waals surface area contributed by atoms with E-state index in [1.54, 1.807) is 16.9 Å². The lowest BCUT2D eigenvalue weighted by atomic mass is 9.81. The molecule has 0 bridgehead atoms. The van der Waals surface area contributed by atoms with Gasteiger partial charge in [0, 0.05) is 35.1 Å². The summed E-state index contributed by atoms with van der Waals surface area (Å²) < 4.78 is 11.8. The first kappa shape index (κ1) is 30.7. The number of methoxy groups -OCH3 is 1. The maximum absolute atomic E-state index is 14.7. The summed E-state index contributed by atoms with van der Waals surface area (Å²) in [4.78, 5) is 35.5. The number of amidine groups is 1. The van der Waals surface area contributed by atoms with E-state index in [4.69, 9.17) is 43.4 Å². The van der Waals surface area contributed by atoms with Gasteiger partial charge in [0.2, 0.25) is 5.91 Å². The van der Waals surface area contributed by atoms with Crippen LogP contribution in [0.2, 0.25) is 10.0 Å². The van der Waals surface area contributed by atoms with Gasteiger partial charge in [0.25, 0.3) is 0 Å². The minimum atomic E-state index is -0.913. The predicted octanol–water partition coefficient (Wildman–Crippen LogP) is 6.83. The van der Waals surface area contributed by atoms with Crippen LogP contribution in [0.15, 0.2) is 71.7 Å². The maximum atomic E-state index is 14.7. The zero-order valence-electron chi connectivity index (χ0n) is 24.7. The molecule has 8 nitrogen and oxygen atoms in total. The minimum Gasteiger partial charge on any atom is -0.497 e. The second-order valence-corrected chi connectivity index (χ2v) is 12.3. The number of rotatable bonds is 7. The summed E-state index contributed by atoms with van der Waals surface area (Å²) in [5, 5.41) is 1.19. The number of primary amides is 1. The number of piperidine rings is 1. The quantitative estimate of drug-likeness (QED) is 0.312. The van der Waals surface area contributed by atoms with Crippen molar-refractivity contribution in [2.75, 3.05) is 20.2 Å². The Balaban J connectivity index is 1.71. The standard InChI is InChI=1S/C33H36Cl2N4O4/c1-20(2)43-28-19-26(42-4)13-14-27(28)31-37-33(3,23-7-11-25(35)12-8-23)29(21-5-9-24(34)10-6-21)39(31)32(41)38-17-15-22(16-18-38)30(36)40/h5-14,19-20,22,29H,15-18H2,1-4H3,(H2,36,40). The van der Waals surface area contributed by atoms with Gasteiger partial charge < -0.3 is 20.1 Å². The molecule has 226 valence electrons. The summed E-state index contributed by atoms with van der Waals surface area (Å²) in [7, 11) is 1.60. The Morgan fingerprint density at radius 3 is 2.14 bits per heavy atom. The molecule has 3 aromatic rings. The average Bonchev–Trinajstić information content (AvgIpc) is 3.30. The SMILES string of the molecule is COc1ccc(C2=NC(C)(c3ccc(Cl)cc3)C(c3ccc(Cl)cc3)N2C(=O)N2CCC(C(N)=O)CC2)c(OC(C)C)c1. The Morgan fingerprint density at radius 2 is 1.58 bits per heavy atom. The molecule has 0 aliphatic carbocycles. The van der Waals surface area contributed by atoms with Crippen molar-refractivity contribution in [2.24, 2.45) is 16.6 Å². The van der Waals surface area contributed by atoms with E-state index < -0.39 is 11.6 Å². The van der Waals surface area contributed by atoms with Gasteiger partial charge in [-0.25, -0.2) is 4.79 Å². The molecule has 1 fully saturated rings. The Labute approximate surface area is 262 Å². The van der Waals surface area contributed by atoms with Gasteiger partial charge in [-0.1, -0.05) is 47.5 Å². The highest BCUT2D eigenvalue weighted by Gasteiger charge is 2.52. The lowest BCUT2D eigenvalue weighted by Crippen LogP contribution is -2.51. The van der Waals surface area contributed by atoms with E-state index >= 15 is 0 Å². The molecule has 1 saturated heterocycles. The molecular weight excluding hydrogens is 587 g/mol. The minimum absolute atomic E-state index is 0.139. The third kappa shape index (κ3) is 6.17. The van der Waals surface area contributed by atoms with Crippen molar-refractivity contribution in [1.82, 2.24) is 9.80 Å². The number of carbonyl (C=O) groups is 2. The molecule has 2 unspecified atom stereocenters. The van der Waals surface area contributed by atoms with Crippen LogP contribution >= 0.6 is 23.2 Å². The van der Waals surface area contributed by atoms with Crippen molar-refractivity contribution in [1.29, 1.82) is 0 Å². The molecule has 2 heterocycles. The van der Waals surface area contributed by atoms with E-state index in [1.807, 2.05) is 87.5 Å². The van der Waals surface area contributed by atoms with Gasteiger partial charge in [-0.3, -0.25) is 14.7 Å². The van der Waals surface area contributed by atoms with E-state index in [9.17, 15) is 9.59 Å². The Kier molecular flexibility index (Phi) is 8.90. The molecule has 0 spiro atoms. The number of benzene rings is 3. The highest BCUT2D eigenvalue weighted by molar-refractivity contribution is 6.30. The maximum Gasteiger partial charge on any atom is 0.326 e. The lowest BCUT2D eigenvalue weighted by Gasteiger charge is -2.39. The van der Waals surface area contributed by atoms with E-state index in [-0.39, 0.29) is 24.0 Å².